The van der Waals surface area contributed by atoms with Gasteiger partial charge >= 0.3 is 11.9 Å². The van der Waals surface area contributed by atoms with Crippen LogP contribution in [0.15, 0.2) is 12.1 Å². The van der Waals surface area contributed by atoms with Crippen LogP contribution in [0, 0.1) is 15.0 Å². The molecule has 0 aliphatic rings. The first kappa shape index (κ1) is 28.0. The summed E-state index contributed by atoms with van der Waals surface area (Å²) in [4.78, 5) is 30.8. The monoisotopic (exact) mass is 586 g/mol. The molecule has 0 spiro atoms. The van der Waals surface area contributed by atoms with Gasteiger partial charge in [0, 0.05) is 0 Å². The van der Waals surface area contributed by atoms with Crippen LogP contribution in [0.3, 0.4) is 0 Å². The molecule has 2 aromatic heterocycles. The van der Waals surface area contributed by atoms with Gasteiger partial charge in [-0.25, -0.2) is 9.59 Å². The van der Waals surface area contributed by atoms with E-state index in [1.165, 1.54) is 28.4 Å². The van der Waals surface area contributed by atoms with E-state index < -0.39 is 20.0 Å². The van der Waals surface area contributed by atoms with Crippen LogP contribution < -0.4 is 20.9 Å². The molecule has 0 fully saturated rings. The lowest BCUT2D eigenvalue weighted by Gasteiger charge is -2.08. The van der Waals surface area contributed by atoms with E-state index in [0.29, 0.717) is 15.0 Å². The van der Waals surface area contributed by atoms with Crippen LogP contribution in [-0.2, 0) is 9.47 Å². The Morgan fingerprint density at radius 3 is 1.76 bits per heavy atom. The van der Waals surface area contributed by atoms with E-state index in [1.54, 1.807) is 12.1 Å². The molecule has 0 aliphatic carbocycles. The smallest absolute Gasteiger partial charge is 0.343 e. The molecule has 2 aromatic rings. The summed E-state index contributed by atoms with van der Waals surface area (Å²) in [5, 5.41) is 0. The van der Waals surface area contributed by atoms with Gasteiger partial charge in [-0.05, 0) is 34.7 Å². The van der Waals surface area contributed by atoms with Gasteiger partial charge in [-0.1, -0.05) is 25.6 Å². The van der Waals surface area contributed by atoms with Gasteiger partial charge in [-0.15, -0.1) is 5.54 Å². The fraction of sp³-hybridized carbons (Fsp3) is 0.333. The standard InChI is InChI=1S/C13H18N2O3Si.C8H9IN2O3/c1-17-12-10(13(16)18-2)8-9(11(14)15-12)6-7-19(3,4)5;1-13-7-4(8(12)14-2)3-5(9)6(10)11-7/h8H,1-5H3,(H2,14,15);3H,1-2H3,(H2,10,11). The number of anilines is 2. The van der Waals surface area contributed by atoms with Crippen LogP contribution in [0.4, 0.5) is 11.6 Å². The topological polar surface area (TPSA) is 149 Å². The number of aromatic nitrogens is 2. The number of nitrogens with zero attached hydrogens (tertiary/aromatic N) is 2. The number of pyridine rings is 2. The molecular formula is C21H27IN4O6Si. The molecule has 0 saturated heterocycles. The molecule has 10 nitrogen and oxygen atoms in total. The number of rotatable bonds is 4. The minimum absolute atomic E-state index is 0.142. The predicted octanol–water partition coefficient (Wildman–Crippen LogP) is 2.75. The molecule has 2 heterocycles. The van der Waals surface area contributed by atoms with Crippen molar-refractivity contribution in [1.82, 2.24) is 9.97 Å². The van der Waals surface area contributed by atoms with Crippen molar-refractivity contribution in [2.45, 2.75) is 19.6 Å². The Kier molecular flexibility index (Phi) is 10.4. The minimum atomic E-state index is -1.53. The molecule has 33 heavy (non-hydrogen) atoms. The van der Waals surface area contributed by atoms with E-state index >= 15 is 0 Å². The number of esters is 2. The maximum Gasteiger partial charge on any atom is 0.343 e. The van der Waals surface area contributed by atoms with Crippen LogP contribution in [-0.4, -0.2) is 58.4 Å². The number of hydrogen-bond donors (Lipinski definition) is 2. The van der Waals surface area contributed by atoms with Crippen LogP contribution in [0.5, 0.6) is 11.8 Å². The van der Waals surface area contributed by atoms with E-state index in [1.807, 2.05) is 22.6 Å². The van der Waals surface area contributed by atoms with Gasteiger partial charge < -0.3 is 30.4 Å². The molecule has 0 atom stereocenters. The molecule has 0 radical (unpaired) electrons. The lowest BCUT2D eigenvalue weighted by Crippen LogP contribution is -2.16. The summed E-state index contributed by atoms with van der Waals surface area (Å²) < 4.78 is 19.9. The van der Waals surface area contributed by atoms with Gasteiger partial charge in [-0.3, -0.25) is 0 Å². The third kappa shape index (κ3) is 8.10. The average Bonchev–Trinajstić information content (AvgIpc) is 2.78. The van der Waals surface area contributed by atoms with Gasteiger partial charge in [0.15, 0.2) is 0 Å². The highest BCUT2D eigenvalue weighted by molar-refractivity contribution is 14.1. The van der Waals surface area contributed by atoms with E-state index in [-0.39, 0.29) is 28.7 Å². The quantitative estimate of drug-likeness (QED) is 0.237. The number of carbonyl (C=O) groups excluding carboxylic acids is 2. The summed E-state index contributed by atoms with van der Waals surface area (Å²) in [6.45, 7) is 6.36. The Morgan fingerprint density at radius 1 is 0.879 bits per heavy atom. The molecule has 0 aliphatic heterocycles. The van der Waals surface area contributed by atoms with E-state index in [0.717, 1.165) is 0 Å². The Bertz CT molecular complexity index is 1090. The minimum Gasteiger partial charge on any atom is -0.480 e. The molecule has 0 unspecified atom stereocenters. The molecule has 0 saturated carbocycles. The second-order valence-electron chi connectivity index (χ2n) is 7.37. The molecule has 12 heteroatoms. The Morgan fingerprint density at radius 2 is 1.33 bits per heavy atom. The molecular weight excluding hydrogens is 559 g/mol. The third-order valence-electron chi connectivity index (χ3n) is 3.75. The van der Waals surface area contributed by atoms with Crippen molar-refractivity contribution in [1.29, 1.82) is 0 Å². The first-order chi connectivity index (χ1) is 15.4. The molecule has 0 bridgehead atoms. The summed E-state index contributed by atoms with van der Waals surface area (Å²) in [6.07, 6.45) is 0. The highest BCUT2D eigenvalue weighted by atomic mass is 127. The van der Waals surface area contributed by atoms with Crippen molar-refractivity contribution in [3.8, 4) is 23.2 Å². The highest BCUT2D eigenvalue weighted by Crippen LogP contribution is 2.23. The summed E-state index contributed by atoms with van der Waals surface area (Å²) in [7, 11) is 3.90. The van der Waals surface area contributed by atoms with Gasteiger partial charge in [0.2, 0.25) is 11.8 Å². The number of nitrogens with two attached hydrogens (primary N) is 2. The number of hydrogen-bond acceptors (Lipinski definition) is 10. The molecule has 0 aromatic carbocycles. The maximum atomic E-state index is 11.6. The Hall–Kier alpha value is -3.05. The predicted molar refractivity (Wildman–Crippen MR) is 136 cm³/mol. The van der Waals surface area contributed by atoms with Crippen molar-refractivity contribution < 1.29 is 28.5 Å². The van der Waals surface area contributed by atoms with Crippen LogP contribution in [0.2, 0.25) is 19.6 Å². The fourth-order valence-electron chi connectivity index (χ4n) is 2.17. The summed E-state index contributed by atoms with van der Waals surface area (Å²) in [6, 6.07) is 3.13. The molecule has 178 valence electrons. The van der Waals surface area contributed by atoms with Crippen molar-refractivity contribution in [2.75, 3.05) is 39.9 Å². The van der Waals surface area contributed by atoms with E-state index in [4.69, 9.17) is 20.9 Å². The third-order valence-corrected chi connectivity index (χ3v) is 5.49. The average molecular weight is 586 g/mol. The van der Waals surface area contributed by atoms with Crippen molar-refractivity contribution in [3.05, 3.63) is 32.4 Å². The van der Waals surface area contributed by atoms with Crippen LogP contribution in [0.25, 0.3) is 0 Å². The SMILES string of the molecule is COC(=O)c1cc(C#C[Si](C)(C)C)c(N)nc1OC.COC(=O)c1cc(I)c(N)nc1OC. The second kappa shape index (κ2) is 12.3. The molecule has 4 N–H and O–H groups in total. The summed E-state index contributed by atoms with van der Waals surface area (Å²) in [5.74, 6) is 2.86. The van der Waals surface area contributed by atoms with Gasteiger partial charge in [-0.2, -0.15) is 9.97 Å². The summed E-state index contributed by atoms with van der Waals surface area (Å²) in [5.41, 5.74) is 15.5. The van der Waals surface area contributed by atoms with Crippen LogP contribution >= 0.6 is 22.6 Å². The van der Waals surface area contributed by atoms with Crippen molar-refractivity contribution in [3.63, 3.8) is 0 Å². The zero-order chi connectivity index (χ0) is 25.3. The lowest BCUT2D eigenvalue weighted by atomic mass is 10.2. The number of carbonyl (C=O) groups is 2. The normalized spacial score (nSPS) is 10.1. The Balaban J connectivity index is 0.000000346. The first-order valence-electron chi connectivity index (χ1n) is 9.42. The van der Waals surface area contributed by atoms with Gasteiger partial charge in [0.05, 0.1) is 37.6 Å². The Labute approximate surface area is 207 Å². The van der Waals surface area contributed by atoms with E-state index in [9.17, 15) is 9.59 Å². The highest BCUT2D eigenvalue weighted by Gasteiger charge is 2.18. The number of nitrogen functional groups attached to an aromatic ring is 2. The first-order valence-corrected chi connectivity index (χ1v) is 14.0. The fourth-order valence-corrected chi connectivity index (χ4v) is 3.12. The number of halogens is 1. The maximum absolute atomic E-state index is 11.6. The lowest BCUT2D eigenvalue weighted by molar-refractivity contribution is 0.0587. The van der Waals surface area contributed by atoms with Crippen molar-refractivity contribution in [2.24, 2.45) is 0 Å². The zero-order valence-corrected chi connectivity index (χ0v) is 22.7. The van der Waals surface area contributed by atoms with Gasteiger partial charge in [0.1, 0.15) is 30.8 Å². The number of ether oxygens (including phenoxy) is 4. The zero-order valence-electron chi connectivity index (χ0n) is 19.5. The summed E-state index contributed by atoms with van der Waals surface area (Å²) >= 11 is 1.98. The molecule has 2 rings (SSSR count). The van der Waals surface area contributed by atoms with E-state index in [2.05, 4.69) is 50.5 Å². The largest absolute Gasteiger partial charge is 0.480 e. The van der Waals surface area contributed by atoms with Gasteiger partial charge in [0.25, 0.3) is 0 Å². The number of methoxy groups -OCH3 is 4. The second-order valence-corrected chi connectivity index (χ2v) is 13.3. The molecule has 0 amide bonds. The van der Waals surface area contributed by atoms with Crippen molar-refractivity contribution >= 4 is 54.2 Å². The van der Waals surface area contributed by atoms with Crippen LogP contribution in [0.1, 0.15) is 26.3 Å².